The number of nitrogens with zero attached hydrogens (tertiary/aromatic N) is 2. The standard InChI is InChI=1S/C23H18Cl2N4O3/c1-31-16-10-17(32-2)20(25)18(19(16)24)12-5-3-6-13(9-12)29-23-15-8-4-7-14(22(26)30)21(15)27-11-28-23/h3-11H,1-2H3,(H2,26,30)(H,27,28,29). The predicted molar refractivity (Wildman–Crippen MR) is 126 cm³/mol. The summed E-state index contributed by atoms with van der Waals surface area (Å²) in [6.45, 7) is 0. The van der Waals surface area contributed by atoms with Crippen molar-refractivity contribution in [2.24, 2.45) is 5.73 Å². The van der Waals surface area contributed by atoms with E-state index in [1.165, 1.54) is 20.5 Å². The van der Waals surface area contributed by atoms with Crippen LogP contribution in [0.3, 0.4) is 0 Å². The number of hydrogen-bond acceptors (Lipinski definition) is 6. The molecule has 7 nitrogen and oxygen atoms in total. The number of hydrogen-bond donors (Lipinski definition) is 2. The highest BCUT2D eigenvalue weighted by Crippen LogP contribution is 2.46. The van der Waals surface area contributed by atoms with Crippen molar-refractivity contribution in [1.82, 2.24) is 9.97 Å². The lowest BCUT2D eigenvalue weighted by Gasteiger charge is -2.16. The second-order valence-electron chi connectivity index (χ2n) is 6.78. The molecule has 162 valence electrons. The van der Waals surface area contributed by atoms with Gasteiger partial charge < -0.3 is 20.5 Å². The van der Waals surface area contributed by atoms with E-state index in [0.717, 1.165) is 11.3 Å². The number of para-hydroxylation sites is 1. The van der Waals surface area contributed by atoms with Crippen LogP contribution in [0.5, 0.6) is 11.5 Å². The third kappa shape index (κ3) is 3.88. The molecule has 1 amide bonds. The lowest BCUT2D eigenvalue weighted by molar-refractivity contribution is 0.100. The minimum absolute atomic E-state index is 0.323. The minimum Gasteiger partial charge on any atom is -0.495 e. The quantitative estimate of drug-likeness (QED) is 0.389. The molecule has 9 heteroatoms. The van der Waals surface area contributed by atoms with Crippen LogP contribution in [0.2, 0.25) is 10.0 Å². The number of halogens is 2. The summed E-state index contributed by atoms with van der Waals surface area (Å²) in [5.41, 5.74) is 8.32. The second kappa shape index (κ2) is 8.90. The first kappa shape index (κ1) is 21.7. The number of methoxy groups -OCH3 is 2. The first-order valence-electron chi connectivity index (χ1n) is 9.45. The number of fused-ring (bicyclic) bond motifs is 1. The Kier molecular flexibility index (Phi) is 6.03. The SMILES string of the molecule is COc1cc(OC)c(Cl)c(-c2cccc(Nc3ncnc4c(C(N)=O)cccc34)c2)c1Cl. The second-order valence-corrected chi connectivity index (χ2v) is 7.53. The molecule has 0 bridgehead atoms. The lowest BCUT2D eigenvalue weighted by atomic mass is 10.0. The summed E-state index contributed by atoms with van der Waals surface area (Å²) in [7, 11) is 3.05. The normalized spacial score (nSPS) is 10.8. The largest absolute Gasteiger partial charge is 0.495 e. The zero-order valence-corrected chi connectivity index (χ0v) is 18.7. The number of aromatic nitrogens is 2. The molecule has 0 radical (unpaired) electrons. The van der Waals surface area contributed by atoms with E-state index in [-0.39, 0.29) is 0 Å². The Labute approximate surface area is 194 Å². The van der Waals surface area contributed by atoms with Crippen molar-refractivity contribution in [3.8, 4) is 22.6 Å². The van der Waals surface area contributed by atoms with Crippen molar-refractivity contribution in [2.75, 3.05) is 19.5 Å². The van der Waals surface area contributed by atoms with Gasteiger partial charge in [0.15, 0.2) is 0 Å². The van der Waals surface area contributed by atoms with Crippen molar-refractivity contribution < 1.29 is 14.3 Å². The monoisotopic (exact) mass is 468 g/mol. The van der Waals surface area contributed by atoms with Crippen LogP contribution >= 0.6 is 23.2 Å². The van der Waals surface area contributed by atoms with Gasteiger partial charge in [0, 0.05) is 22.7 Å². The first-order chi connectivity index (χ1) is 15.4. The Bertz CT molecular complexity index is 1320. The highest BCUT2D eigenvalue weighted by molar-refractivity contribution is 6.41. The van der Waals surface area contributed by atoms with Crippen LogP contribution in [0, 0.1) is 0 Å². The van der Waals surface area contributed by atoms with Crippen LogP contribution in [-0.4, -0.2) is 30.1 Å². The highest BCUT2D eigenvalue weighted by Gasteiger charge is 2.19. The van der Waals surface area contributed by atoms with Crippen molar-refractivity contribution in [2.45, 2.75) is 0 Å². The van der Waals surface area contributed by atoms with E-state index < -0.39 is 5.91 Å². The van der Waals surface area contributed by atoms with E-state index in [1.54, 1.807) is 18.2 Å². The molecule has 4 rings (SSSR count). The topological polar surface area (TPSA) is 99.4 Å². The molecule has 1 aromatic heterocycles. The number of anilines is 2. The summed E-state index contributed by atoms with van der Waals surface area (Å²) in [6.07, 6.45) is 1.38. The molecule has 0 aliphatic heterocycles. The number of primary amides is 1. The molecule has 0 unspecified atom stereocenters. The van der Waals surface area contributed by atoms with Crippen LogP contribution in [0.15, 0.2) is 54.9 Å². The molecule has 0 saturated carbocycles. The van der Waals surface area contributed by atoms with Gasteiger partial charge >= 0.3 is 0 Å². The number of carbonyl (C=O) groups is 1. The summed E-state index contributed by atoms with van der Waals surface area (Å²) in [6, 6.07) is 14.3. The molecule has 32 heavy (non-hydrogen) atoms. The Morgan fingerprint density at radius 1 is 0.969 bits per heavy atom. The number of ether oxygens (including phenoxy) is 2. The Morgan fingerprint density at radius 2 is 1.66 bits per heavy atom. The van der Waals surface area contributed by atoms with Gasteiger partial charge in [-0.15, -0.1) is 0 Å². The highest BCUT2D eigenvalue weighted by atomic mass is 35.5. The van der Waals surface area contributed by atoms with Crippen LogP contribution in [0.4, 0.5) is 11.5 Å². The number of nitrogens with one attached hydrogen (secondary N) is 1. The third-order valence-electron chi connectivity index (χ3n) is 4.92. The number of carbonyl (C=O) groups excluding carboxylic acids is 1. The molecule has 4 aromatic rings. The van der Waals surface area contributed by atoms with Crippen LogP contribution in [0.25, 0.3) is 22.0 Å². The van der Waals surface area contributed by atoms with Gasteiger partial charge in [0.1, 0.15) is 23.6 Å². The Balaban J connectivity index is 1.80. The fourth-order valence-electron chi connectivity index (χ4n) is 3.41. The smallest absolute Gasteiger partial charge is 0.250 e. The zero-order chi connectivity index (χ0) is 22.8. The molecule has 0 aliphatic carbocycles. The molecule has 0 atom stereocenters. The van der Waals surface area contributed by atoms with E-state index in [1.807, 2.05) is 30.3 Å². The number of amides is 1. The van der Waals surface area contributed by atoms with Crippen molar-refractivity contribution >= 4 is 51.5 Å². The van der Waals surface area contributed by atoms with Crippen LogP contribution in [0.1, 0.15) is 10.4 Å². The van der Waals surface area contributed by atoms with Crippen LogP contribution in [-0.2, 0) is 0 Å². The zero-order valence-electron chi connectivity index (χ0n) is 17.1. The summed E-state index contributed by atoms with van der Waals surface area (Å²) < 4.78 is 10.7. The van der Waals surface area contributed by atoms with Gasteiger partial charge in [0.05, 0.1) is 35.3 Å². The third-order valence-corrected chi connectivity index (χ3v) is 5.67. The fraction of sp³-hybridized carbons (Fsp3) is 0.0870. The van der Waals surface area contributed by atoms with Crippen molar-refractivity contribution in [1.29, 1.82) is 0 Å². The maximum Gasteiger partial charge on any atom is 0.250 e. The van der Waals surface area contributed by atoms with E-state index in [0.29, 0.717) is 49.4 Å². The number of rotatable bonds is 6. The molecular weight excluding hydrogens is 451 g/mol. The average molecular weight is 469 g/mol. The molecule has 3 aromatic carbocycles. The maximum atomic E-state index is 11.8. The minimum atomic E-state index is -0.557. The van der Waals surface area contributed by atoms with Gasteiger partial charge in [-0.25, -0.2) is 9.97 Å². The van der Waals surface area contributed by atoms with Crippen LogP contribution < -0.4 is 20.5 Å². The molecule has 0 aliphatic rings. The lowest BCUT2D eigenvalue weighted by Crippen LogP contribution is -2.12. The van der Waals surface area contributed by atoms with E-state index >= 15 is 0 Å². The van der Waals surface area contributed by atoms with Gasteiger partial charge in [-0.1, -0.05) is 41.4 Å². The molecule has 0 saturated heterocycles. The van der Waals surface area contributed by atoms with Gasteiger partial charge in [0.2, 0.25) is 0 Å². The summed E-state index contributed by atoms with van der Waals surface area (Å²) >= 11 is 13.1. The molecular formula is C23H18Cl2N4O3. The van der Waals surface area contributed by atoms with E-state index in [4.69, 9.17) is 38.4 Å². The molecule has 0 fully saturated rings. The van der Waals surface area contributed by atoms with Crippen molar-refractivity contribution in [3.05, 3.63) is 70.5 Å². The molecule has 0 spiro atoms. The maximum absolute atomic E-state index is 11.8. The van der Waals surface area contributed by atoms with E-state index in [2.05, 4.69) is 15.3 Å². The van der Waals surface area contributed by atoms with Crippen molar-refractivity contribution in [3.63, 3.8) is 0 Å². The molecule has 1 heterocycles. The summed E-state index contributed by atoms with van der Waals surface area (Å²) in [5, 5.41) is 4.67. The van der Waals surface area contributed by atoms with E-state index in [9.17, 15) is 4.79 Å². The fourth-order valence-corrected chi connectivity index (χ4v) is 4.13. The average Bonchev–Trinajstić information content (AvgIpc) is 2.79. The Hall–Kier alpha value is -3.55. The van der Waals surface area contributed by atoms with Gasteiger partial charge in [0.25, 0.3) is 5.91 Å². The summed E-state index contributed by atoms with van der Waals surface area (Å²) in [5.74, 6) is 0.860. The van der Waals surface area contributed by atoms with Gasteiger partial charge in [-0.3, -0.25) is 4.79 Å². The predicted octanol–water partition coefficient (Wildman–Crippen LogP) is 5.46. The summed E-state index contributed by atoms with van der Waals surface area (Å²) in [4.78, 5) is 20.3. The number of benzene rings is 3. The van der Waals surface area contributed by atoms with Gasteiger partial charge in [-0.05, 0) is 29.8 Å². The Morgan fingerprint density at radius 3 is 2.31 bits per heavy atom. The first-order valence-corrected chi connectivity index (χ1v) is 10.2. The number of nitrogens with two attached hydrogens (primary N) is 1. The van der Waals surface area contributed by atoms with Gasteiger partial charge in [-0.2, -0.15) is 0 Å². The molecule has 3 N–H and O–H groups in total.